The Kier molecular flexibility index (Phi) is 7.17. The Hall–Kier alpha value is -3.06. The van der Waals surface area contributed by atoms with E-state index >= 15 is 0 Å². The van der Waals surface area contributed by atoms with E-state index in [4.69, 9.17) is 34.8 Å². The summed E-state index contributed by atoms with van der Waals surface area (Å²) in [4.78, 5) is 36.2. The van der Waals surface area contributed by atoms with Gasteiger partial charge in [-0.15, -0.1) is 0 Å². The highest BCUT2D eigenvalue weighted by molar-refractivity contribution is 6.36. The largest absolute Gasteiger partial charge is 0.326 e. The van der Waals surface area contributed by atoms with E-state index in [1.54, 1.807) is 42.5 Å². The van der Waals surface area contributed by atoms with Crippen LogP contribution < -0.4 is 16.0 Å². The summed E-state index contributed by atoms with van der Waals surface area (Å²) in [6.45, 7) is 1.37. The number of carbonyl (C=O) groups excluding carboxylic acids is 3. The van der Waals surface area contributed by atoms with E-state index in [2.05, 4.69) is 16.0 Å². The first kappa shape index (κ1) is 22.6. The van der Waals surface area contributed by atoms with Crippen LogP contribution in [-0.4, -0.2) is 17.7 Å². The predicted octanol–water partition coefficient (Wildman–Crippen LogP) is 6.11. The molecule has 0 radical (unpaired) electrons. The van der Waals surface area contributed by atoms with Gasteiger partial charge in [-0.05, 0) is 60.7 Å². The van der Waals surface area contributed by atoms with E-state index in [0.717, 1.165) is 0 Å². The molecule has 0 unspecified atom stereocenters. The fourth-order valence-electron chi connectivity index (χ4n) is 2.69. The molecular formula is C22H16Cl3N3O3. The minimum absolute atomic E-state index is 0.209. The van der Waals surface area contributed by atoms with Crippen molar-refractivity contribution in [3.63, 3.8) is 0 Å². The van der Waals surface area contributed by atoms with E-state index in [9.17, 15) is 14.4 Å². The van der Waals surface area contributed by atoms with Gasteiger partial charge in [-0.1, -0.05) is 34.8 Å². The summed E-state index contributed by atoms with van der Waals surface area (Å²) in [5, 5.41) is 8.96. The van der Waals surface area contributed by atoms with Gasteiger partial charge in [0.1, 0.15) is 0 Å². The van der Waals surface area contributed by atoms with E-state index in [0.29, 0.717) is 22.1 Å². The predicted molar refractivity (Wildman–Crippen MR) is 125 cm³/mol. The topological polar surface area (TPSA) is 87.3 Å². The van der Waals surface area contributed by atoms with Crippen molar-refractivity contribution in [1.29, 1.82) is 0 Å². The summed E-state index contributed by atoms with van der Waals surface area (Å²) in [6.07, 6.45) is 0. The lowest BCUT2D eigenvalue weighted by Crippen LogP contribution is -2.14. The molecule has 0 aliphatic heterocycles. The van der Waals surface area contributed by atoms with Crippen LogP contribution in [0.1, 0.15) is 27.6 Å². The first-order valence-corrected chi connectivity index (χ1v) is 10.1. The van der Waals surface area contributed by atoms with Crippen molar-refractivity contribution in [2.24, 2.45) is 0 Å². The number of amides is 3. The molecule has 0 atom stereocenters. The van der Waals surface area contributed by atoms with Gasteiger partial charge in [0.15, 0.2) is 0 Å². The average Bonchev–Trinajstić information content (AvgIpc) is 2.72. The lowest BCUT2D eigenvalue weighted by atomic mass is 10.1. The quantitative estimate of drug-likeness (QED) is 0.415. The van der Waals surface area contributed by atoms with Crippen molar-refractivity contribution >= 4 is 69.6 Å². The van der Waals surface area contributed by atoms with Gasteiger partial charge < -0.3 is 16.0 Å². The third-order valence-corrected chi connectivity index (χ3v) is 5.00. The van der Waals surface area contributed by atoms with Crippen molar-refractivity contribution in [2.45, 2.75) is 6.92 Å². The van der Waals surface area contributed by atoms with Crippen LogP contribution in [0.2, 0.25) is 15.1 Å². The normalized spacial score (nSPS) is 10.3. The molecule has 0 aliphatic carbocycles. The molecule has 3 aromatic rings. The molecule has 9 heteroatoms. The fourth-order valence-corrected chi connectivity index (χ4v) is 3.26. The van der Waals surface area contributed by atoms with Crippen LogP contribution in [0.5, 0.6) is 0 Å². The summed E-state index contributed by atoms with van der Waals surface area (Å²) in [5.74, 6) is -1.11. The fraction of sp³-hybridized carbons (Fsp3) is 0.0455. The standard InChI is InChI=1S/C22H16Cl3N3O3/c1-12(29)26-16-7-9-20(25)18(11-16)22(31)28-15-5-3-14(4-6-15)27-21(30)17-10-13(23)2-8-19(17)24/h2-11H,1H3,(H,26,29)(H,27,30)(H,28,31). The van der Waals surface area contributed by atoms with Crippen LogP contribution in [0.25, 0.3) is 0 Å². The molecule has 0 heterocycles. The van der Waals surface area contributed by atoms with E-state index < -0.39 is 11.8 Å². The first-order chi connectivity index (χ1) is 14.7. The van der Waals surface area contributed by atoms with Gasteiger partial charge in [-0.2, -0.15) is 0 Å². The molecule has 0 saturated carbocycles. The van der Waals surface area contributed by atoms with Crippen LogP contribution in [0.4, 0.5) is 17.1 Å². The third-order valence-electron chi connectivity index (χ3n) is 4.11. The summed E-state index contributed by atoms with van der Waals surface area (Å²) in [6, 6.07) is 15.7. The molecule has 6 nitrogen and oxygen atoms in total. The molecule has 3 rings (SSSR count). The van der Waals surface area contributed by atoms with Crippen LogP contribution in [0.3, 0.4) is 0 Å². The minimum Gasteiger partial charge on any atom is -0.326 e. The maximum Gasteiger partial charge on any atom is 0.257 e. The van der Waals surface area contributed by atoms with Gasteiger partial charge in [0.25, 0.3) is 11.8 Å². The molecule has 0 fully saturated rings. The number of hydrogen-bond donors (Lipinski definition) is 3. The zero-order valence-electron chi connectivity index (χ0n) is 16.1. The number of benzene rings is 3. The Morgan fingerprint density at radius 3 is 1.58 bits per heavy atom. The van der Waals surface area contributed by atoms with Gasteiger partial charge in [0.2, 0.25) is 5.91 Å². The van der Waals surface area contributed by atoms with Gasteiger partial charge in [-0.25, -0.2) is 0 Å². The highest BCUT2D eigenvalue weighted by Crippen LogP contribution is 2.24. The number of carbonyl (C=O) groups is 3. The van der Waals surface area contributed by atoms with E-state index in [1.807, 2.05) is 0 Å². The second kappa shape index (κ2) is 9.83. The summed E-state index contributed by atoms with van der Waals surface area (Å²) in [5.41, 5.74) is 1.91. The molecule has 0 spiro atoms. The van der Waals surface area contributed by atoms with Crippen LogP contribution in [0, 0.1) is 0 Å². The van der Waals surface area contributed by atoms with Gasteiger partial charge in [0, 0.05) is 29.0 Å². The molecule has 0 aromatic heterocycles. The van der Waals surface area contributed by atoms with Gasteiger partial charge in [0.05, 0.1) is 21.2 Å². The number of hydrogen-bond acceptors (Lipinski definition) is 3. The van der Waals surface area contributed by atoms with Crippen molar-refractivity contribution in [2.75, 3.05) is 16.0 Å². The number of nitrogens with one attached hydrogen (secondary N) is 3. The molecule has 0 aliphatic rings. The van der Waals surface area contributed by atoms with Crippen molar-refractivity contribution < 1.29 is 14.4 Å². The molecule has 3 amide bonds. The number of anilines is 3. The number of rotatable bonds is 5. The first-order valence-electron chi connectivity index (χ1n) is 8.98. The molecule has 158 valence electrons. The van der Waals surface area contributed by atoms with Crippen molar-refractivity contribution in [3.05, 3.63) is 86.9 Å². The van der Waals surface area contributed by atoms with Crippen molar-refractivity contribution in [1.82, 2.24) is 0 Å². The Balaban J connectivity index is 1.69. The Morgan fingerprint density at radius 2 is 1.06 bits per heavy atom. The number of halogens is 3. The van der Waals surface area contributed by atoms with Gasteiger partial charge >= 0.3 is 0 Å². The molecule has 3 N–H and O–H groups in total. The maximum atomic E-state index is 12.6. The molecular weight excluding hydrogens is 461 g/mol. The van der Waals surface area contributed by atoms with Crippen LogP contribution in [0.15, 0.2) is 60.7 Å². The molecule has 3 aromatic carbocycles. The highest BCUT2D eigenvalue weighted by atomic mass is 35.5. The van der Waals surface area contributed by atoms with Gasteiger partial charge in [-0.3, -0.25) is 14.4 Å². The second-order valence-corrected chi connectivity index (χ2v) is 7.74. The second-order valence-electron chi connectivity index (χ2n) is 6.49. The third kappa shape index (κ3) is 5.98. The smallest absolute Gasteiger partial charge is 0.257 e. The SMILES string of the molecule is CC(=O)Nc1ccc(Cl)c(C(=O)Nc2ccc(NC(=O)c3cc(Cl)ccc3Cl)cc2)c1. The summed E-state index contributed by atoms with van der Waals surface area (Å²) >= 11 is 18.1. The van der Waals surface area contributed by atoms with Crippen molar-refractivity contribution in [3.8, 4) is 0 Å². The Labute approximate surface area is 193 Å². The zero-order chi connectivity index (χ0) is 22.5. The van der Waals surface area contributed by atoms with Crippen LogP contribution >= 0.6 is 34.8 Å². The molecule has 0 bridgehead atoms. The van der Waals surface area contributed by atoms with Crippen LogP contribution in [-0.2, 0) is 4.79 Å². The molecule has 0 saturated heterocycles. The summed E-state index contributed by atoms with van der Waals surface area (Å²) < 4.78 is 0. The average molecular weight is 477 g/mol. The lowest BCUT2D eigenvalue weighted by Gasteiger charge is -2.11. The Morgan fingerprint density at radius 1 is 0.613 bits per heavy atom. The van der Waals surface area contributed by atoms with E-state index in [-0.39, 0.29) is 27.1 Å². The van der Waals surface area contributed by atoms with E-state index in [1.165, 1.54) is 25.1 Å². The maximum absolute atomic E-state index is 12.6. The Bertz CT molecular complexity index is 1160. The molecule has 31 heavy (non-hydrogen) atoms. The highest BCUT2D eigenvalue weighted by Gasteiger charge is 2.14. The lowest BCUT2D eigenvalue weighted by molar-refractivity contribution is -0.114. The summed E-state index contributed by atoms with van der Waals surface area (Å²) in [7, 11) is 0. The minimum atomic E-state index is -0.445. The monoisotopic (exact) mass is 475 g/mol. The zero-order valence-corrected chi connectivity index (χ0v) is 18.4.